The summed E-state index contributed by atoms with van der Waals surface area (Å²) in [5, 5.41) is 0. The maximum absolute atomic E-state index is 12.6. The minimum absolute atomic E-state index is 0.158. The highest BCUT2D eigenvalue weighted by molar-refractivity contribution is 5.93. The fraction of sp³-hybridized carbons (Fsp3) is 0.556. The van der Waals surface area contributed by atoms with E-state index in [9.17, 15) is 9.59 Å². The summed E-state index contributed by atoms with van der Waals surface area (Å²) in [7, 11) is 1.94. The van der Waals surface area contributed by atoms with Crippen molar-refractivity contribution >= 4 is 17.6 Å². The van der Waals surface area contributed by atoms with Crippen LogP contribution in [0.2, 0.25) is 0 Å². The number of urea groups is 1. The Labute approximate surface area is 143 Å². The summed E-state index contributed by atoms with van der Waals surface area (Å²) in [6.07, 6.45) is 4.73. The smallest absolute Gasteiger partial charge is 0.320 e. The van der Waals surface area contributed by atoms with Crippen LogP contribution in [0.15, 0.2) is 24.3 Å². The molecule has 0 atom stereocenters. The van der Waals surface area contributed by atoms with Gasteiger partial charge in [-0.1, -0.05) is 12.8 Å². The molecule has 24 heavy (non-hydrogen) atoms. The van der Waals surface area contributed by atoms with Gasteiger partial charge in [0.15, 0.2) is 0 Å². The van der Waals surface area contributed by atoms with Crippen molar-refractivity contribution < 1.29 is 9.59 Å². The Bertz CT molecular complexity index is 588. The van der Waals surface area contributed by atoms with E-state index in [0.717, 1.165) is 44.7 Å². The Hall–Kier alpha value is -2.24. The van der Waals surface area contributed by atoms with Crippen molar-refractivity contribution in [3.63, 3.8) is 0 Å². The number of amides is 3. The summed E-state index contributed by atoms with van der Waals surface area (Å²) in [6.45, 7) is 3.07. The Morgan fingerprint density at radius 3 is 2.17 bits per heavy atom. The lowest BCUT2D eigenvalue weighted by atomic mass is 10.1. The van der Waals surface area contributed by atoms with Crippen LogP contribution in [0, 0.1) is 0 Å². The summed E-state index contributed by atoms with van der Waals surface area (Å²) >= 11 is 0. The largest absolute Gasteiger partial charge is 0.368 e. The highest BCUT2D eigenvalue weighted by Gasteiger charge is 2.29. The van der Waals surface area contributed by atoms with E-state index in [2.05, 4.69) is 4.90 Å². The van der Waals surface area contributed by atoms with Crippen molar-refractivity contribution in [3.05, 3.63) is 29.8 Å². The first-order valence-electron chi connectivity index (χ1n) is 8.73. The number of carbonyl (C=O) groups excluding carboxylic acids is 2. The number of hydrogen-bond acceptors (Lipinski definition) is 3. The fourth-order valence-electron chi connectivity index (χ4n) is 3.66. The number of nitrogens with two attached hydrogens (primary N) is 1. The lowest BCUT2D eigenvalue weighted by molar-refractivity contribution is 0.1000. The van der Waals surface area contributed by atoms with Crippen LogP contribution in [0.4, 0.5) is 10.5 Å². The first-order valence-corrected chi connectivity index (χ1v) is 8.73. The number of anilines is 1. The molecular weight excluding hydrogens is 304 g/mol. The second-order valence-electron chi connectivity index (χ2n) is 6.72. The van der Waals surface area contributed by atoms with Gasteiger partial charge in [-0.15, -0.1) is 0 Å². The first kappa shape index (κ1) is 16.6. The molecule has 0 bridgehead atoms. The molecule has 1 saturated carbocycles. The van der Waals surface area contributed by atoms with Gasteiger partial charge in [0, 0.05) is 50.5 Å². The highest BCUT2D eigenvalue weighted by Crippen LogP contribution is 2.24. The van der Waals surface area contributed by atoms with Gasteiger partial charge in [-0.05, 0) is 37.1 Å². The summed E-state index contributed by atoms with van der Waals surface area (Å²) < 4.78 is 0. The van der Waals surface area contributed by atoms with Crippen LogP contribution >= 0.6 is 0 Å². The van der Waals surface area contributed by atoms with Crippen molar-refractivity contribution in [2.24, 2.45) is 5.73 Å². The van der Waals surface area contributed by atoms with Crippen LogP contribution in [0.1, 0.15) is 36.0 Å². The van der Waals surface area contributed by atoms with Crippen LogP contribution in [0.25, 0.3) is 0 Å². The molecule has 2 aliphatic rings. The molecule has 1 aliphatic heterocycles. The van der Waals surface area contributed by atoms with Gasteiger partial charge in [0.05, 0.1) is 0 Å². The molecule has 2 N–H and O–H groups in total. The Kier molecular flexibility index (Phi) is 4.92. The molecule has 3 rings (SSSR count). The van der Waals surface area contributed by atoms with E-state index in [-0.39, 0.29) is 6.03 Å². The molecule has 1 aromatic carbocycles. The topological polar surface area (TPSA) is 69.9 Å². The monoisotopic (exact) mass is 330 g/mol. The average Bonchev–Trinajstić information content (AvgIpc) is 3.15. The van der Waals surface area contributed by atoms with Crippen molar-refractivity contribution in [1.29, 1.82) is 0 Å². The zero-order chi connectivity index (χ0) is 17.1. The van der Waals surface area contributed by atoms with Crippen LogP contribution in [0.3, 0.4) is 0 Å². The van der Waals surface area contributed by atoms with E-state index in [4.69, 9.17) is 5.73 Å². The number of carbonyl (C=O) groups is 2. The fourth-order valence-corrected chi connectivity index (χ4v) is 3.66. The molecule has 6 heteroatoms. The first-order chi connectivity index (χ1) is 11.6. The molecule has 1 saturated heterocycles. The van der Waals surface area contributed by atoms with E-state index in [1.165, 1.54) is 12.8 Å². The van der Waals surface area contributed by atoms with Crippen molar-refractivity contribution in [1.82, 2.24) is 9.80 Å². The minimum atomic E-state index is -0.410. The SMILES string of the molecule is CN(C(=O)N1CCN(c2ccc(C(N)=O)cc2)CC1)C1CCCC1. The Balaban J connectivity index is 1.55. The standard InChI is InChI=1S/C18H26N4O2/c1-20(15-4-2-3-5-15)18(24)22-12-10-21(11-13-22)16-8-6-14(7-9-16)17(19)23/h6-9,15H,2-5,10-13H2,1H3,(H2,19,23). The third-order valence-corrected chi connectivity index (χ3v) is 5.24. The maximum Gasteiger partial charge on any atom is 0.320 e. The predicted molar refractivity (Wildman–Crippen MR) is 94.2 cm³/mol. The number of benzene rings is 1. The van der Waals surface area contributed by atoms with Crippen LogP contribution in [-0.4, -0.2) is 61.0 Å². The molecule has 0 radical (unpaired) electrons. The second kappa shape index (κ2) is 7.11. The highest BCUT2D eigenvalue weighted by atomic mass is 16.2. The van der Waals surface area contributed by atoms with E-state index >= 15 is 0 Å². The lowest BCUT2D eigenvalue weighted by Gasteiger charge is -2.39. The Morgan fingerprint density at radius 2 is 1.62 bits per heavy atom. The van der Waals surface area contributed by atoms with Crippen LogP contribution in [-0.2, 0) is 0 Å². The van der Waals surface area contributed by atoms with Gasteiger partial charge in [-0.2, -0.15) is 0 Å². The molecule has 2 fully saturated rings. The molecule has 1 aliphatic carbocycles. The van der Waals surface area contributed by atoms with Crippen LogP contribution in [0.5, 0.6) is 0 Å². The molecule has 6 nitrogen and oxygen atoms in total. The molecular formula is C18H26N4O2. The van der Waals surface area contributed by atoms with E-state index in [1.54, 1.807) is 12.1 Å². The maximum atomic E-state index is 12.6. The lowest BCUT2D eigenvalue weighted by Crippen LogP contribution is -2.53. The summed E-state index contributed by atoms with van der Waals surface area (Å²) in [6, 6.07) is 7.92. The number of rotatable bonds is 3. The summed E-state index contributed by atoms with van der Waals surface area (Å²) in [4.78, 5) is 29.9. The molecule has 0 unspecified atom stereocenters. The van der Waals surface area contributed by atoms with Crippen molar-refractivity contribution in [3.8, 4) is 0 Å². The van der Waals surface area contributed by atoms with E-state index in [0.29, 0.717) is 11.6 Å². The number of piperazine rings is 1. The predicted octanol–water partition coefficient (Wildman–Crippen LogP) is 1.90. The minimum Gasteiger partial charge on any atom is -0.368 e. The van der Waals surface area contributed by atoms with E-state index in [1.807, 2.05) is 29.0 Å². The number of hydrogen-bond donors (Lipinski definition) is 1. The van der Waals surface area contributed by atoms with Crippen molar-refractivity contribution in [2.75, 3.05) is 38.1 Å². The summed E-state index contributed by atoms with van der Waals surface area (Å²) in [5.41, 5.74) is 6.86. The number of nitrogens with zero attached hydrogens (tertiary/aromatic N) is 3. The number of primary amides is 1. The molecule has 1 aromatic rings. The second-order valence-corrected chi connectivity index (χ2v) is 6.72. The van der Waals surface area contributed by atoms with Gasteiger partial charge in [-0.3, -0.25) is 4.79 Å². The van der Waals surface area contributed by atoms with Gasteiger partial charge < -0.3 is 20.4 Å². The van der Waals surface area contributed by atoms with Gasteiger partial charge in [-0.25, -0.2) is 4.79 Å². The van der Waals surface area contributed by atoms with Gasteiger partial charge in [0.25, 0.3) is 0 Å². The summed E-state index contributed by atoms with van der Waals surface area (Å²) in [5.74, 6) is -0.410. The Morgan fingerprint density at radius 1 is 1.04 bits per heavy atom. The van der Waals surface area contributed by atoms with Gasteiger partial charge in [0.2, 0.25) is 5.91 Å². The molecule has 0 aromatic heterocycles. The average molecular weight is 330 g/mol. The third-order valence-electron chi connectivity index (χ3n) is 5.24. The third kappa shape index (κ3) is 3.47. The zero-order valence-electron chi connectivity index (χ0n) is 14.3. The zero-order valence-corrected chi connectivity index (χ0v) is 14.3. The quantitative estimate of drug-likeness (QED) is 0.920. The molecule has 130 valence electrons. The normalized spacial score (nSPS) is 18.7. The van der Waals surface area contributed by atoms with E-state index < -0.39 is 5.91 Å². The van der Waals surface area contributed by atoms with Gasteiger partial charge in [0.1, 0.15) is 0 Å². The van der Waals surface area contributed by atoms with Gasteiger partial charge >= 0.3 is 6.03 Å². The molecule has 0 spiro atoms. The van der Waals surface area contributed by atoms with Crippen molar-refractivity contribution in [2.45, 2.75) is 31.7 Å². The molecule has 3 amide bonds. The molecule has 1 heterocycles. The van der Waals surface area contributed by atoms with Crippen LogP contribution < -0.4 is 10.6 Å².